The Balaban J connectivity index is 1.74. The molecule has 2 aromatic carbocycles. The molecule has 7 heteroatoms. The Labute approximate surface area is 154 Å². The van der Waals surface area contributed by atoms with E-state index in [0.29, 0.717) is 16.9 Å². The summed E-state index contributed by atoms with van der Waals surface area (Å²) in [6.45, 7) is 1.77. The highest BCUT2D eigenvalue weighted by Gasteiger charge is 2.21. The van der Waals surface area contributed by atoms with Crippen LogP contribution in [-0.2, 0) is 0 Å². The van der Waals surface area contributed by atoms with Crippen LogP contribution in [0.2, 0.25) is 0 Å². The zero-order chi connectivity index (χ0) is 17.8. The minimum atomic E-state index is -0.496. The normalized spacial score (nSPS) is 15.0. The van der Waals surface area contributed by atoms with Crippen LogP contribution >= 0.6 is 23.5 Å². The number of urea groups is 1. The summed E-state index contributed by atoms with van der Waals surface area (Å²) in [4.78, 5) is 12.1. The first-order valence-corrected chi connectivity index (χ1v) is 9.99. The van der Waals surface area contributed by atoms with Crippen molar-refractivity contribution in [1.29, 1.82) is 0 Å². The molecule has 132 valence electrons. The van der Waals surface area contributed by atoms with Gasteiger partial charge in [0.05, 0.1) is 4.58 Å². The first kappa shape index (κ1) is 18.1. The second kappa shape index (κ2) is 8.10. The monoisotopic (exact) mass is 380 g/mol. The summed E-state index contributed by atoms with van der Waals surface area (Å²) in [6, 6.07) is 8.11. The van der Waals surface area contributed by atoms with Crippen LogP contribution in [0.5, 0.6) is 0 Å². The van der Waals surface area contributed by atoms with Gasteiger partial charge in [0.15, 0.2) is 0 Å². The van der Waals surface area contributed by atoms with Gasteiger partial charge in [-0.1, -0.05) is 0 Å². The second-order valence-electron chi connectivity index (χ2n) is 5.69. The molecule has 1 aliphatic rings. The quantitative estimate of drug-likeness (QED) is 0.708. The smallest absolute Gasteiger partial charge is 0.308 e. The molecule has 0 aromatic heterocycles. The largest absolute Gasteiger partial charge is 0.323 e. The van der Waals surface area contributed by atoms with Crippen molar-refractivity contribution < 1.29 is 13.6 Å². The highest BCUT2D eigenvalue weighted by atomic mass is 32.2. The number of thioether (sulfide) groups is 2. The predicted octanol–water partition coefficient (Wildman–Crippen LogP) is 5.79. The van der Waals surface area contributed by atoms with Crippen LogP contribution in [-0.4, -0.2) is 17.5 Å². The molecule has 0 unspecified atom stereocenters. The van der Waals surface area contributed by atoms with Gasteiger partial charge in [0.25, 0.3) is 0 Å². The van der Waals surface area contributed by atoms with E-state index in [0.717, 1.165) is 23.5 Å². The standard InChI is InChI=1S/C18H18F2N2OS2/c1-11-15(17-24-7-2-8-25-17)9-14(10-16(11)20)22-18(23)21-13-5-3-12(19)4-6-13/h3-6,9-10,17H,2,7-8H2,1H3,(H2,21,22,23). The molecule has 0 atom stereocenters. The van der Waals surface area contributed by atoms with Gasteiger partial charge in [-0.2, -0.15) is 0 Å². The minimum Gasteiger partial charge on any atom is -0.308 e. The molecule has 1 heterocycles. The number of carbonyl (C=O) groups excluding carboxylic acids is 1. The average Bonchev–Trinajstić information content (AvgIpc) is 2.60. The zero-order valence-electron chi connectivity index (χ0n) is 13.6. The lowest BCUT2D eigenvalue weighted by Gasteiger charge is -2.23. The molecule has 1 aliphatic heterocycles. The van der Waals surface area contributed by atoms with Crippen LogP contribution in [0.25, 0.3) is 0 Å². The van der Waals surface area contributed by atoms with E-state index in [1.54, 1.807) is 30.4 Å². The molecular formula is C18H18F2N2OS2. The molecule has 0 bridgehead atoms. The van der Waals surface area contributed by atoms with Gasteiger partial charge in [-0.15, -0.1) is 23.5 Å². The van der Waals surface area contributed by atoms with Gasteiger partial charge in [0.1, 0.15) is 11.6 Å². The lowest BCUT2D eigenvalue weighted by atomic mass is 10.1. The average molecular weight is 380 g/mol. The summed E-state index contributed by atoms with van der Waals surface area (Å²) in [6.07, 6.45) is 1.16. The fourth-order valence-corrected chi connectivity index (χ4v) is 5.55. The first-order chi connectivity index (χ1) is 12.0. The van der Waals surface area contributed by atoms with Gasteiger partial charge in [-0.25, -0.2) is 13.6 Å². The lowest BCUT2D eigenvalue weighted by molar-refractivity contribution is 0.262. The summed E-state index contributed by atoms with van der Waals surface area (Å²) >= 11 is 3.61. The number of halogens is 2. The van der Waals surface area contributed by atoms with Crippen molar-refractivity contribution in [2.75, 3.05) is 22.1 Å². The van der Waals surface area contributed by atoms with Crippen molar-refractivity contribution in [1.82, 2.24) is 0 Å². The van der Waals surface area contributed by atoms with Crippen LogP contribution in [0, 0.1) is 18.6 Å². The fraction of sp³-hybridized carbons (Fsp3) is 0.278. The van der Waals surface area contributed by atoms with Crippen molar-refractivity contribution in [3.8, 4) is 0 Å². The third-order valence-corrected chi connectivity index (χ3v) is 6.80. The Hall–Kier alpha value is -1.73. The van der Waals surface area contributed by atoms with Gasteiger partial charge in [-0.3, -0.25) is 0 Å². The maximum atomic E-state index is 14.3. The number of rotatable bonds is 3. The van der Waals surface area contributed by atoms with E-state index in [1.807, 2.05) is 6.07 Å². The van der Waals surface area contributed by atoms with E-state index in [2.05, 4.69) is 10.6 Å². The number of nitrogens with one attached hydrogen (secondary N) is 2. The highest BCUT2D eigenvalue weighted by Crippen LogP contribution is 2.45. The van der Waals surface area contributed by atoms with E-state index in [9.17, 15) is 13.6 Å². The third-order valence-electron chi connectivity index (χ3n) is 3.83. The maximum absolute atomic E-state index is 14.3. The zero-order valence-corrected chi connectivity index (χ0v) is 15.3. The molecule has 0 saturated carbocycles. The lowest BCUT2D eigenvalue weighted by Crippen LogP contribution is -2.20. The Morgan fingerprint density at radius 2 is 1.68 bits per heavy atom. The van der Waals surface area contributed by atoms with Crippen LogP contribution in [0.1, 0.15) is 22.1 Å². The number of hydrogen-bond donors (Lipinski definition) is 2. The SMILES string of the molecule is Cc1c(F)cc(NC(=O)Nc2ccc(F)cc2)cc1C1SCCCS1. The Morgan fingerprint density at radius 3 is 2.36 bits per heavy atom. The molecule has 3 rings (SSSR count). The number of carbonyl (C=O) groups is 1. The number of amides is 2. The summed E-state index contributed by atoms with van der Waals surface area (Å²) in [7, 11) is 0. The van der Waals surface area contributed by atoms with Gasteiger partial charge in [0.2, 0.25) is 0 Å². The van der Waals surface area contributed by atoms with E-state index in [4.69, 9.17) is 0 Å². The fourth-order valence-electron chi connectivity index (χ4n) is 2.51. The molecular weight excluding hydrogens is 362 g/mol. The highest BCUT2D eigenvalue weighted by molar-refractivity contribution is 8.16. The van der Waals surface area contributed by atoms with Crippen LogP contribution in [0.15, 0.2) is 36.4 Å². The van der Waals surface area contributed by atoms with Crippen molar-refractivity contribution in [2.24, 2.45) is 0 Å². The molecule has 1 saturated heterocycles. The first-order valence-electron chi connectivity index (χ1n) is 7.90. The second-order valence-corrected chi connectivity index (χ2v) is 8.41. The van der Waals surface area contributed by atoms with Crippen LogP contribution < -0.4 is 10.6 Å². The predicted molar refractivity (Wildman–Crippen MR) is 102 cm³/mol. The molecule has 2 amide bonds. The number of benzene rings is 2. The molecule has 0 radical (unpaired) electrons. The molecule has 0 aliphatic carbocycles. The van der Waals surface area contributed by atoms with Gasteiger partial charge in [-0.05, 0) is 72.4 Å². The third kappa shape index (κ3) is 4.67. The number of anilines is 2. The van der Waals surface area contributed by atoms with Crippen molar-refractivity contribution in [2.45, 2.75) is 17.9 Å². The van der Waals surface area contributed by atoms with Crippen molar-refractivity contribution in [3.63, 3.8) is 0 Å². The number of hydrogen-bond acceptors (Lipinski definition) is 3. The molecule has 0 spiro atoms. The van der Waals surface area contributed by atoms with E-state index in [-0.39, 0.29) is 16.2 Å². The summed E-state index contributed by atoms with van der Waals surface area (Å²) < 4.78 is 27.4. The maximum Gasteiger partial charge on any atom is 0.323 e. The molecule has 3 nitrogen and oxygen atoms in total. The van der Waals surface area contributed by atoms with Crippen molar-refractivity contribution in [3.05, 3.63) is 59.2 Å². The van der Waals surface area contributed by atoms with E-state index < -0.39 is 6.03 Å². The van der Waals surface area contributed by atoms with Crippen LogP contribution in [0.3, 0.4) is 0 Å². The molecule has 1 fully saturated rings. The molecule has 2 N–H and O–H groups in total. The van der Waals surface area contributed by atoms with Gasteiger partial charge < -0.3 is 10.6 Å². The summed E-state index contributed by atoms with van der Waals surface area (Å²) in [5.74, 6) is 1.41. The topological polar surface area (TPSA) is 41.1 Å². The molecule has 2 aromatic rings. The minimum absolute atomic E-state index is 0.185. The Bertz CT molecular complexity index is 762. The summed E-state index contributed by atoms with van der Waals surface area (Å²) in [5, 5.41) is 5.25. The van der Waals surface area contributed by atoms with Gasteiger partial charge in [0, 0.05) is 11.4 Å². The Morgan fingerprint density at radius 1 is 1.04 bits per heavy atom. The van der Waals surface area contributed by atoms with Crippen molar-refractivity contribution >= 4 is 40.9 Å². The van der Waals surface area contributed by atoms with E-state index in [1.165, 1.54) is 30.3 Å². The van der Waals surface area contributed by atoms with Crippen LogP contribution in [0.4, 0.5) is 25.0 Å². The van der Waals surface area contributed by atoms with Gasteiger partial charge >= 0.3 is 6.03 Å². The molecule has 25 heavy (non-hydrogen) atoms. The summed E-state index contributed by atoms with van der Waals surface area (Å²) in [5.41, 5.74) is 2.40. The Kier molecular flexibility index (Phi) is 5.86. The van der Waals surface area contributed by atoms with E-state index >= 15 is 0 Å².